The molecule has 0 aliphatic heterocycles. The Morgan fingerprint density at radius 2 is 1.00 bits per heavy atom. The standard InChI is InChI=1S/C27H23N3O7S2/c31-27(29-22-9-5-2-6-10-22)30-24-16-14-20(26(18-24)39(35,36)37)12-11-19-13-15-23(17-25(19)38(32,33)34)28-21-7-3-1-4-8-21/h1-18,28H,(H2,29,30,31)(H,32,33,34)(H,35,36,37). The van der Waals surface area contributed by atoms with Gasteiger partial charge in [0.15, 0.2) is 0 Å². The maximum Gasteiger partial charge on any atom is 0.323 e. The first-order valence-electron chi connectivity index (χ1n) is 11.4. The molecule has 0 spiro atoms. The number of carbonyl (C=O) groups is 1. The third kappa shape index (κ3) is 7.52. The zero-order valence-corrected chi connectivity index (χ0v) is 21.8. The van der Waals surface area contributed by atoms with E-state index in [1.54, 1.807) is 60.7 Å². The van der Waals surface area contributed by atoms with Crippen molar-refractivity contribution in [1.82, 2.24) is 0 Å². The van der Waals surface area contributed by atoms with Crippen LogP contribution in [0.25, 0.3) is 12.2 Å². The van der Waals surface area contributed by atoms with Crippen molar-refractivity contribution < 1.29 is 30.7 Å². The fourth-order valence-corrected chi connectivity index (χ4v) is 5.05. The van der Waals surface area contributed by atoms with E-state index in [0.717, 1.165) is 6.07 Å². The fourth-order valence-electron chi connectivity index (χ4n) is 3.63. The largest absolute Gasteiger partial charge is 0.355 e. The summed E-state index contributed by atoms with van der Waals surface area (Å²) in [6.45, 7) is 0. The summed E-state index contributed by atoms with van der Waals surface area (Å²) in [6.07, 6.45) is 2.56. The molecule has 200 valence electrons. The van der Waals surface area contributed by atoms with E-state index in [-0.39, 0.29) is 16.8 Å². The van der Waals surface area contributed by atoms with Crippen LogP contribution in [0.4, 0.5) is 27.5 Å². The van der Waals surface area contributed by atoms with Crippen molar-refractivity contribution in [2.45, 2.75) is 9.79 Å². The topological polar surface area (TPSA) is 162 Å². The molecule has 0 radical (unpaired) electrons. The van der Waals surface area contributed by atoms with Crippen LogP contribution >= 0.6 is 0 Å². The molecule has 10 nitrogen and oxygen atoms in total. The van der Waals surface area contributed by atoms with E-state index < -0.39 is 36.1 Å². The highest BCUT2D eigenvalue weighted by Gasteiger charge is 2.18. The lowest BCUT2D eigenvalue weighted by molar-refractivity contribution is 0.262. The Morgan fingerprint density at radius 3 is 1.51 bits per heavy atom. The van der Waals surface area contributed by atoms with Gasteiger partial charge in [-0.15, -0.1) is 0 Å². The van der Waals surface area contributed by atoms with Gasteiger partial charge in [-0.2, -0.15) is 16.8 Å². The predicted octanol–water partition coefficient (Wildman–Crippen LogP) is 5.74. The number of hydrogen-bond donors (Lipinski definition) is 5. The first-order valence-corrected chi connectivity index (χ1v) is 14.2. The van der Waals surface area contributed by atoms with Gasteiger partial charge in [0, 0.05) is 22.7 Å². The molecule has 0 heterocycles. The van der Waals surface area contributed by atoms with Gasteiger partial charge in [-0.05, 0) is 59.7 Å². The first kappa shape index (κ1) is 27.5. The van der Waals surface area contributed by atoms with Crippen molar-refractivity contribution in [2.24, 2.45) is 0 Å². The Morgan fingerprint density at radius 1 is 0.564 bits per heavy atom. The van der Waals surface area contributed by atoms with Crippen molar-refractivity contribution in [3.05, 3.63) is 108 Å². The van der Waals surface area contributed by atoms with Gasteiger partial charge in [-0.1, -0.05) is 60.7 Å². The molecule has 0 atom stereocenters. The Bertz CT molecular complexity index is 1740. The monoisotopic (exact) mass is 565 g/mol. The molecule has 2 amide bonds. The lowest BCUT2D eigenvalue weighted by Crippen LogP contribution is -2.19. The summed E-state index contributed by atoms with van der Waals surface area (Å²) in [5.41, 5.74) is 1.79. The summed E-state index contributed by atoms with van der Waals surface area (Å²) in [6, 6.07) is 25.0. The molecule has 4 aromatic carbocycles. The molecular formula is C27H23N3O7S2. The summed E-state index contributed by atoms with van der Waals surface area (Å²) < 4.78 is 67.9. The molecule has 0 aromatic heterocycles. The van der Waals surface area contributed by atoms with Gasteiger partial charge in [0.1, 0.15) is 9.79 Å². The number of hydrogen-bond acceptors (Lipinski definition) is 6. The summed E-state index contributed by atoms with van der Waals surface area (Å²) in [5.74, 6) is 0. The first-order chi connectivity index (χ1) is 18.5. The van der Waals surface area contributed by atoms with Crippen LogP contribution in [-0.2, 0) is 20.2 Å². The Labute approximate surface area is 225 Å². The highest BCUT2D eigenvalue weighted by Crippen LogP contribution is 2.27. The van der Waals surface area contributed by atoms with Gasteiger partial charge >= 0.3 is 6.03 Å². The average Bonchev–Trinajstić information content (AvgIpc) is 2.88. The molecule has 12 heteroatoms. The van der Waals surface area contributed by atoms with Gasteiger partial charge in [-0.3, -0.25) is 9.11 Å². The van der Waals surface area contributed by atoms with Crippen molar-refractivity contribution >= 4 is 61.2 Å². The Hall–Kier alpha value is -4.49. The molecule has 0 bridgehead atoms. The Balaban J connectivity index is 1.62. The van der Waals surface area contributed by atoms with Crippen LogP contribution in [0.1, 0.15) is 11.1 Å². The van der Waals surface area contributed by atoms with Crippen LogP contribution in [0.5, 0.6) is 0 Å². The van der Waals surface area contributed by atoms with Crippen LogP contribution in [-0.4, -0.2) is 32.0 Å². The molecule has 0 aliphatic rings. The summed E-state index contributed by atoms with van der Waals surface area (Å²) in [5, 5.41) is 8.11. The van der Waals surface area contributed by atoms with Crippen molar-refractivity contribution in [3.8, 4) is 0 Å². The number of para-hydroxylation sites is 2. The minimum atomic E-state index is -4.74. The lowest BCUT2D eigenvalue weighted by Gasteiger charge is -2.11. The van der Waals surface area contributed by atoms with E-state index in [9.17, 15) is 30.7 Å². The van der Waals surface area contributed by atoms with Crippen LogP contribution in [0.2, 0.25) is 0 Å². The second-order valence-corrected chi connectivity index (χ2v) is 11.0. The number of amides is 2. The van der Waals surface area contributed by atoms with Gasteiger partial charge in [0.2, 0.25) is 0 Å². The number of benzene rings is 4. The van der Waals surface area contributed by atoms with Crippen LogP contribution in [0.3, 0.4) is 0 Å². The SMILES string of the molecule is O=C(Nc1ccccc1)Nc1ccc(C=Cc2ccc(Nc3ccccc3)cc2S(=O)(=O)O)c(S(=O)(=O)O)c1. The van der Waals surface area contributed by atoms with E-state index >= 15 is 0 Å². The van der Waals surface area contributed by atoms with E-state index in [2.05, 4.69) is 16.0 Å². The molecule has 0 saturated carbocycles. The second kappa shape index (κ2) is 11.5. The van der Waals surface area contributed by atoms with Gasteiger partial charge in [-0.25, -0.2) is 4.79 Å². The minimum absolute atomic E-state index is 0.0132. The molecular weight excluding hydrogens is 542 g/mol. The zero-order chi connectivity index (χ0) is 28.0. The van der Waals surface area contributed by atoms with Crippen molar-refractivity contribution in [3.63, 3.8) is 0 Å². The quantitative estimate of drug-likeness (QED) is 0.133. The molecule has 0 unspecified atom stereocenters. The summed E-state index contributed by atoms with van der Waals surface area (Å²) in [4.78, 5) is 11.3. The highest BCUT2D eigenvalue weighted by atomic mass is 32.2. The highest BCUT2D eigenvalue weighted by molar-refractivity contribution is 7.86. The van der Waals surface area contributed by atoms with Crippen molar-refractivity contribution in [2.75, 3.05) is 16.0 Å². The number of carbonyl (C=O) groups excluding carboxylic acids is 1. The van der Waals surface area contributed by atoms with Gasteiger partial charge in [0.25, 0.3) is 20.2 Å². The fraction of sp³-hybridized carbons (Fsp3) is 0. The van der Waals surface area contributed by atoms with Crippen LogP contribution < -0.4 is 16.0 Å². The van der Waals surface area contributed by atoms with E-state index in [0.29, 0.717) is 17.1 Å². The molecule has 0 saturated heterocycles. The van der Waals surface area contributed by atoms with Crippen LogP contribution in [0.15, 0.2) is 107 Å². The second-order valence-electron chi connectivity index (χ2n) is 8.22. The van der Waals surface area contributed by atoms with Gasteiger partial charge < -0.3 is 16.0 Å². The maximum absolute atomic E-state index is 12.3. The number of rotatable bonds is 8. The zero-order valence-electron chi connectivity index (χ0n) is 20.1. The Kier molecular flexibility index (Phi) is 8.12. The van der Waals surface area contributed by atoms with E-state index in [4.69, 9.17) is 0 Å². The molecule has 4 rings (SSSR count). The average molecular weight is 566 g/mol. The third-order valence-corrected chi connectivity index (χ3v) is 7.20. The molecule has 4 aromatic rings. The molecule has 0 fully saturated rings. The summed E-state index contributed by atoms with van der Waals surface area (Å²) in [7, 11) is -9.39. The third-order valence-electron chi connectivity index (χ3n) is 5.38. The smallest absolute Gasteiger partial charge is 0.323 e. The number of urea groups is 1. The predicted molar refractivity (Wildman–Crippen MR) is 150 cm³/mol. The molecule has 5 N–H and O–H groups in total. The minimum Gasteiger partial charge on any atom is -0.355 e. The summed E-state index contributed by atoms with van der Waals surface area (Å²) >= 11 is 0. The van der Waals surface area contributed by atoms with E-state index in [1.165, 1.54) is 36.4 Å². The maximum atomic E-state index is 12.3. The molecule has 39 heavy (non-hydrogen) atoms. The number of nitrogens with one attached hydrogen (secondary N) is 3. The van der Waals surface area contributed by atoms with E-state index in [1.807, 2.05) is 6.07 Å². The molecule has 0 aliphatic carbocycles. The van der Waals surface area contributed by atoms with Crippen molar-refractivity contribution in [1.29, 1.82) is 0 Å². The number of anilines is 4. The lowest BCUT2D eigenvalue weighted by atomic mass is 10.1. The normalized spacial score (nSPS) is 11.7. The van der Waals surface area contributed by atoms with Crippen LogP contribution in [0, 0.1) is 0 Å². The van der Waals surface area contributed by atoms with Gasteiger partial charge in [0.05, 0.1) is 0 Å².